The monoisotopic (exact) mass is 414 g/mol. The second-order valence-electron chi connectivity index (χ2n) is 7.43. The van der Waals surface area contributed by atoms with E-state index >= 15 is 0 Å². The van der Waals surface area contributed by atoms with Crippen molar-refractivity contribution in [1.29, 1.82) is 0 Å². The number of nitrogens with zero attached hydrogens (tertiary/aromatic N) is 1. The molecule has 1 aromatic carbocycles. The lowest BCUT2D eigenvalue weighted by atomic mass is 9.87. The summed E-state index contributed by atoms with van der Waals surface area (Å²) in [5.74, 6) is 0.875. The highest BCUT2D eigenvalue weighted by atomic mass is 32.1. The van der Waals surface area contributed by atoms with Gasteiger partial charge in [0.25, 0.3) is 5.91 Å². The standard InChI is InChI=1S/C22H26N2O4S/c1-27-18-5-3-2-4-16(18)14-23-21(25)15-6-7-19-17(12-15)13-20(29-19)22(26)24-8-10-28-11-9-24/h2-5,13,15H,6-12,14H2,1H3,(H,23,25)/t15-/m1/s1. The van der Waals surface area contributed by atoms with Crippen LogP contribution in [0.1, 0.15) is 32.1 Å². The first-order valence-corrected chi connectivity index (χ1v) is 10.9. The van der Waals surface area contributed by atoms with Crippen LogP contribution in [0.3, 0.4) is 0 Å². The topological polar surface area (TPSA) is 67.9 Å². The van der Waals surface area contributed by atoms with Gasteiger partial charge >= 0.3 is 0 Å². The quantitative estimate of drug-likeness (QED) is 0.817. The third-order valence-electron chi connectivity index (χ3n) is 5.61. The van der Waals surface area contributed by atoms with Crippen molar-refractivity contribution in [3.63, 3.8) is 0 Å². The van der Waals surface area contributed by atoms with Gasteiger partial charge in [-0.3, -0.25) is 9.59 Å². The smallest absolute Gasteiger partial charge is 0.264 e. The average molecular weight is 415 g/mol. The van der Waals surface area contributed by atoms with Crippen molar-refractivity contribution in [2.45, 2.75) is 25.8 Å². The number of morpholine rings is 1. The number of methoxy groups -OCH3 is 1. The molecule has 2 aliphatic rings. The maximum atomic E-state index is 12.7. The Labute approximate surface area is 174 Å². The van der Waals surface area contributed by atoms with Gasteiger partial charge in [0, 0.05) is 36.0 Å². The molecule has 0 spiro atoms. The van der Waals surface area contributed by atoms with Gasteiger partial charge < -0.3 is 19.7 Å². The molecular weight excluding hydrogens is 388 g/mol. The van der Waals surface area contributed by atoms with Crippen molar-refractivity contribution in [3.05, 3.63) is 51.2 Å². The highest BCUT2D eigenvalue weighted by molar-refractivity contribution is 7.14. The largest absolute Gasteiger partial charge is 0.496 e. The van der Waals surface area contributed by atoms with E-state index in [0.717, 1.165) is 34.6 Å². The third kappa shape index (κ3) is 4.46. The number of hydrogen-bond donors (Lipinski definition) is 1. The molecule has 6 nitrogen and oxygen atoms in total. The summed E-state index contributed by atoms with van der Waals surface area (Å²) in [6.45, 7) is 2.96. The summed E-state index contributed by atoms with van der Waals surface area (Å²) in [6, 6.07) is 9.71. The minimum atomic E-state index is -0.0573. The van der Waals surface area contributed by atoms with Crippen LogP contribution in [0.4, 0.5) is 0 Å². The molecule has 1 fully saturated rings. The van der Waals surface area contributed by atoms with Crippen molar-refractivity contribution in [2.75, 3.05) is 33.4 Å². The van der Waals surface area contributed by atoms with Crippen LogP contribution in [0.2, 0.25) is 0 Å². The van der Waals surface area contributed by atoms with E-state index < -0.39 is 0 Å². The maximum Gasteiger partial charge on any atom is 0.264 e. The Bertz CT molecular complexity index is 889. The highest BCUT2D eigenvalue weighted by Crippen LogP contribution is 2.33. The van der Waals surface area contributed by atoms with Gasteiger partial charge in [-0.05, 0) is 37.0 Å². The minimum absolute atomic E-state index is 0.0573. The van der Waals surface area contributed by atoms with E-state index in [1.807, 2.05) is 35.2 Å². The van der Waals surface area contributed by atoms with E-state index in [0.29, 0.717) is 39.3 Å². The molecule has 0 unspecified atom stereocenters. The van der Waals surface area contributed by atoms with E-state index in [9.17, 15) is 9.59 Å². The molecule has 1 aliphatic carbocycles. The van der Waals surface area contributed by atoms with Crippen LogP contribution in [0.15, 0.2) is 30.3 Å². The van der Waals surface area contributed by atoms with Gasteiger partial charge in [-0.15, -0.1) is 11.3 Å². The number of rotatable bonds is 5. The lowest BCUT2D eigenvalue weighted by molar-refractivity contribution is -0.125. The molecule has 4 rings (SSSR count). The maximum absolute atomic E-state index is 12.7. The number of amides is 2. The van der Waals surface area contributed by atoms with Gasteiger partial charge in [0.15, 0.2) is 0 Å². The van der Waals surface area contributed by atoms with Crippen molar-refractivity contribution in [2.24, 2.45) is 5.92 Å². The Hall–Kier alpha value is -2.38. The van der Waals surface area contributed by atoms with Crippen LogP contribution in [0, 0.1) is 5.92 Å². The number of carbonyl (C=O) groups excluding carboxylic acids is 2. The predicted molar refractivity (Wildman–Crippen MR) is 111 cm³/mol. The second kappa shape index (κ2) is 8.97. The fourth-order valence-electron chi connectivity index (χ4n) is 3.95. The zero-order chi connectivity index (χ0) is 20.2. The van der Waals surface area contributed by atoms with Gasteiger partial charge in [0.1, 0.15) is 5.75 Å². The van der Waals surface area contributed by atoms with Crippen LogP contribution in [0.5, 0.6) is 5.75 Å². The number of thiophene rings is 1. The summed E-state index contributed by atoms with van der Waals surface area (Å²) >= 11 is 1.59. The van der Waals surface area contributed by atoms with Crippen LogP contribution in [0.25, 0.3) is 0 Å². The molecule has 1 aliphatic heterocycles. The number of ether oxygens (including phenoxy) is 2. The molecular formula is C22H26N2O4S. The van der Waals surface area contributed by atoms with Crippen molar-refractivity contribution in [1.82, 2.24) is 10.2 Å². The molecule has 2 aromatic rings. The first-order chi connectivity index (χ1) is 14.2. The van der Waals surface area contributed by atoms with Crippen molar-refractivity contribution < 1.29 is 19.1 Å². The number of benzene rings is 1. The molecule has 1 N–H and O–H groups in total. The molecule has 2 amide bonds. The summed E-state index contributed by atoms with van der Waals surface area (Å²) in [4.78, 5) is 29.4. The van der Waals surface area contributed by atoms with Gasteiger partial charge in [0.2, 0.25) is 5.91 Å². The highest BCUT2D eigenvalue weighted by Gasteiger charge is 2.29. The SMILES string of the molecule is COc1ccccc1CNC(=O)[C@@H]1CCc2sc(C(=O)N3CCOCC3)cc2C1. The molecule has 0 radical (unpaired) electrons. The second-order valence-corrected chi connectivity index (χ2v) is 8.57. The lowest BCUT2D eigenvalue weighted by Gasteiger charge is -2.26. The Morgan fingerprint density at radius 2 is 2.07 bits per heavy atom. The molecule has 0 bridgehead atoms. The fourth-order valence-corrected chi connectivity index (χ4v) is 5.13. The van der Waals surface area contributed by atoms with Gasteiger partial charge in [-0.2, -0.15) is 0 Å². The Morgan fingerprint density at radius 3 is 2.86 bits per heavy atom. The summed E-state index contributed by atoms with van der Waals surface area (Å²) in [7, 11) is 1.63. The molecule has 29 heavy (non-hydrogen) atoms. The van der Waals surface area contributed by atoms with E-state index in [-0.39, 0.29) is 17.7 Å². The van der Waals surface area contributed by atoms with E-state index in [4.69, 9.17) is 9.47 Å². The fraction of sp³-hybridized carbons (Fsp3) is 0.455. The number of hydrogen-bond acceptors (Lipinski definition) is 5. The molecule has 1 saturated heterocycles. The van der Waals surface area contributed by atoms with Gasteiger partial charge in [-0.25, -0.2) is 0 Å². The molecule has 154 valence electrons. The zero-order valence-corrected chi connectivity index (χ0v) is 17.4. The normalized spacial score (nSPS) is 18.8. The van der Waals surface area contributed by atoms with E-state index in [1.165, 1.54) is 4.88 Å². The van der Waals surface area contributed by atoms with Crippen LogP contribution in [-0.2, 0) is 28.9 Å². The van der Waals surface area contributed by atoms with Crippen LogP contribution >= 0.6 is 11.3 Å². The predicted octanol–water partition coefficient (Wildman–Crippen LogP) is 2.65. The average Bonchev–Trinajstić information content (AvgIpc) is 3.21. The Morgan fingerprint density at radius 1 is 1.28 bits per heavy atom. The number of fused-ring (bicyclic) bond motifs is 1. The number of para-hydroxylation sites is 1. The summed E-state index contributed by atoms with van der Waals surface area (Å²) in [5, 5.41) is 3.05. The summed E-state index contributed by atoms with van der Waals surface area (Å²) in [5.41, 5.74) is 2.11. The molecule has 0 saturated carbocycles. The van der Waals surface area contributed by atoms with E-state index in [2.05, 4.69) is 5.32 Å². The molecule has 1 atom stereocenters. The Kier molecular flexibility index (Phi) is 6.16. The van der Waals surface area contributed by atoms with E-state index in [1.54, 1.807) is 18.4 Å². The first kappa shape index (κ1) is 19.9. The van der Waals surface area contributed by atoms with Crippen LogP contribution < -0.4 is 10.1 Å². The minimum Gasteiger partial charge on any atom is -0.496 e. The Balaban J connectivity index is 1.37. The number of aryl methyl sites for hydroxylation is 1. The lowest BCUT2D eigenvalue weighted by Crippen LogP contribution is -2.40. The van der Waals surface area contributed by atoms with Crippen LogP contribution in [-0.4, -0.2) is 50.1 Å². The van der Waals surface area contributed by atoms with Gasteiger partial charge in [0.05, 0.1) is 25.2 Å². The summed E-state index contributed by atoms with van der Waals surface area (Å²) < 4.78 is 10.7. The number of carbonyl (C=O) groups is 2. The van der Waals surface area contributed by atoms with Crippen molar-refractivity contribution >= 4 is 23.2 Å². The number of nitrogens with one attached hydrogen (secondary N) is 1. The molecule has 2 heterocycles. The van der Waals surface area contributed by atoms with Crippen molar-refractivity contribution in [3.8, 4) is 5.75 Å². The third-order valence-corrected chi connectivity index (χ3v) is 6.83. The van der Waals surface area contributed by atoms with Gasteiger partial charge in [-0.1, -0.05) is 18.2 Å². The first-order valence-electron chi connectivity index (χ1n) is 10.0. The molecule has 7 heteroatoms. The molecule has 1 aromatic heterocycles. The zero-order valence-electron chi connectivity index (χ0n) is 16.6. The summed E-state index contributed by atoms with van der Waals surface area (Å²) in [6.07, 6.45) is 2.36.